The highest BCUT2D eigenvalue weighted by molar-refractivity contribution is 9.10. The molecule has 0 saturated carbocycles. The quantitative estimate of drug-likeness (QED) is 0.777. The van der Waals surface area contributed by atoms with Crippen molar-refractivity contribution in [2.45, 2.75) is 25.5 Å². The Morgan fingerprint density at radius 2 is 2.15 bits per heavy atom. The van der Waals surface area contributed by atoms with Crippen molar-refractivity contribution in [3.05, 3.63) is 28.2 Å². The summed E-state index contributed by atoms with van der Waals surface area (Å²) in [6.45, 7) is 4.28. The molecule has 1 saturated heterocycles. The fourth-order valence-electron chi connectivity index (χ4n) is 2.40. The van der Waals surface area contributed by atoms with Gasteiger partial charge in [0, 0.05) is 43.4 Å². The lowest BCUT2D eigenvalue weighted by Crippen LogP contribution is -2.35. The number of hydrogen-bond donors (Lipinski definition) is 2. The van der Waals surface area contributed by atoms with Crippen molar-refractivity contribution in [3.63, 3.8) is 0 Å². The highest BCUT2D eigenvalue weighted by atomic mass is 79.9. The third-order valence-corrected chi connectivity index (χ3v) is 4.40. The van der Waals surface area contributed by atoms with E-state index in [1.165, 1.54) is 11.3 Å². The van der Waals surface area contributed by atoms with Gasteiger partial charge in [-0.15, -0.1) is 0 Å². The topological polar surface area (TPSA) is 44.7 Å². The summed E-state index contributed by atoms with van der Waals surface area (Å²) in [5, 5.41) is 12.9. The minimum atomic E-state index is -0.126. The van der Waals surface area contributed by atoms with Gasteiger partial charge in [-0.05, 0) is 30.5 Å². The van der Waals surface area contributed by atoms with Crippen molar-refractivity contribution in [2.24, 2.45) is 0 Å². The number of nitrogens with zero attached hydrogens (tertiary/aromatic N) is 1. The van der Waals surface area contributed by atoms with E-state index in [-0.39, 0.29) is 6.10 Å². The van der Waals surface area contributed by atoms with Crippen molar-refractivity contribution in [1.29, 1.82) is 0 Å². The molecule has 1 aliphatic rings. The van der Waals surface area contributed by atoms with Gasteiger partial charge < -0.3 is 20.1 Å². The molecule has 0 unspecified atom stereocenters. The van der Waals surface area contributed by atoms with Gasteiger partial charge in [0.25, 0.3) is 0 Å². The first-order chi connectivity index (χ1) is 9.70. The van der Waals surface area contributed by atoms with Crippen molar-refractivity contribution >= 4 is 21.6 Å². The summed E-state index contributed by atoms with van der Waals surface area (Å²) < 4.78 is 6.15. The van der Waals surface area contributed by atoms with Gasteiger partial charge in [0.05, 0.1) is 12.7 Å². The van der Waals surface area contributed by atoms with Crippen LogP contribution in [0.25, 0.3) is 0 Å². The summed E-state index contributed by atoms with van der Waals surface area (Å²) in [5.74, 6) is 0. The standard InChI is InChI=1S/C15H23BrN2O2/c1-20-9-6-17-11-12-2-3-13(10-15(12)16)18-7-4-14(19)5-8-18/h2-3,10,14,17,19H,4-9,11H2,1H3. The highest BCUT2D eigenvalue weighted by Gasteiger charge is 2.17. The molecule has 1 fully saturated rings. The smallest absolute Gasteiger partial charge is 0.0587 e. The van der Waals surface area contributed by atoms with E-state index < -0.39 is 0 Å². The number of methoxy groups -OCH3 is 1. The van der Waals surface area contributed by atoms with E-state index in [0.29, 0.717) is 0 Å². The van der Waals surface area contributed by atoms with Crippen LogP contribution in [0.3, 0.4) is 0 Å². The maximum Gasteiger partial charge on any atom is 0.0587 e. The molecule has 0 atom stereocenters. The summed E-state index contributed by atoms with van der Waals surface area (Å²) >= 11 is 3.65. The first-order valence-corrected chi connectivity index (χ1v) is 7.91. The number of benzene rings is 1. The summed E-state index contributed by atoms with van der Waals surface area (Å²) in [6.07, 6.45) is 1.59. The van der Waals surface area contributed by atoms with E-state index in [1.807, 2.05) is 0 Å². The SMILES string of the molecule is COCCNCc1ccc(N2CCC(O)CC2)cc1Br. The zero-order valence-electron chi connectivity index (χ0n) is 11.9. The molecule has 1 heterocycles. The van der Waals surface area contributed by atoms with Crippen LogP contribution in [0, 0.1) is 0 Å². The van der Waals surface area contributed by atoms with E-state index in [2.05, 4.69) is 44.3 Å². The van der Waals surface area contributed by atoms with Crippen LogP contribution in [-0.2, 0) is 11.3 Å². The number of anilines is 1. The molecule has 1 aromatic carbocycles. The average Bonchev–Trinajstić information content (AvgIpc) is 2.46. The molecule has 0 spiro atoms. The second kappa shape index (κ2) is 7.98. The van der Waals surface area contributed by atoms with Gasteiger partial charge in [0.1, 0.15) is 0 Å². The van der Waals surface area contributed by atoms with Gasteiger partial charge in [-0.25, -0.2) is 0 Å². The number of hydrogen-bond acceptors (Lipinski definition) is 4. The lowest BCUT2D eigenvalue weighted by atomic mass is 10.1. The lowest BCUT2D eigenvalue weighted by molar-refractivity contribution is 0.145. The highest BCUT2D eigenvalue weighted by Crippen LogP contribution is 2.26. The Morgan fingerprint density at radius 1 is 1.40 bits per heavy atom. The Bertz CT molecular complexity index is 420. The first kappa shape index (κ1) is 15.8. The molecular formula is C15H23BrN2O2. The maximum absolute atomic E-state index is 9.56. The average molecular weight is 343 g/mol. The largest absolute Gasteiger partial charge is 0.393 e. The molecule has 0 radical (unpaired) electrons. The molecule has 5 heteroatoms. The number of nitrogens with one attached hydrogen (secondary N) is 1. The monoisotopic (exact) mass is 342 g/mol. The van der Waals surface area contributed by atoms with Crippen LogP contribution in [0.4, 0.5) is 5.69 Å². The Labute approximate surface area is 129 Å². The number of aliphatic hydroxyl groups is 1. The lowest BCUT2D eigenvalue weighted by Gasteiger charge is -2.31. The normalized spacial score (nSPS) is 16.6. The van der Waals surface area contributed by atoms with Crippen LogP contribution in [0.1, 0.15) is 18.4 Å². The zero-order chi connectivity index (χ0) is 14.4. The van der Waals surface area contributed by atoms with Gasteiger partial charge in [-0.3, -0.25) is 0 Å². The molecule has 2 N–H and O–H groups in total. The molecule has 0 amide bonds. The van der Waals surface area contributed by atoms with Gasteiger partial charge in [0.15, 0.2) is 0 Å². The molecule has 1 aliphatic heterocycles. The molecule has 0 bridgehead atoms. The minimum Gasteiger partial charge on any atom is -0.393 e. The van der Waals surface area contributed by atoms with E-state index in [9.17, 15) is 5.11 Å². The third-order valence-electron chi connectivity index (χ3n) is 3.66. The first-order valence-electron chi connectivity index (χ1n) is 7.12. The Balaban J connectivity index is 1.91. The number of rotatable bonds is 6. The van der Waals surface area contributed by atoms with Gasteiger partial charge >= 0.3 is 0 Å². The van der Waals surface area contributed by atoms with E-state index in [0.717, 1.165) is 50.1 Å². The molecule has 0 aromatic heterocycles. The summed E-state index contributed by atoms with van der Waals surface area (Å²) in [7, 11) is 1.71. The van der Waals surface area contributed by atoms with Crippen molar-refractivity contribution < 1.29 is 9.84 Å². The number of piperidine rings is 1. The number of ether oxygens (including phenoxy) is 1. The Hall–Kier alpha value is -0.620. The molecule has 112 valence electrons. The van der Waals surface area contributed by atoms with Gasteiger partial charge in [0.2, 0.25) is 0 Å². The summed E-state index contributed by atoms with van der Waals surface area (Å²) in [4.78, 5) is 2.33. The van der Waals surface area contributed by atoms with Crippen molar-refractivity contribution in [1.82, 2.24) is 5.32 Å². The fourth-order valence-corrected chi connectivity index (χ4v) is 2.90. The van der Waals surface area contributed by atoms with Crippen molar-refractivity contribution in [3.8, 4) is 0 Å². The van der Waals surface area contributed by atoms with Gasteiger partial charge in [-0.1, -0.05) is 22.0 Å². The predicted octanol–water partition coefficient (Wildman–Crippen LogP) is 2.15. The van der Waals surface area contributed by atoms with Crippen LogP contribution in [0.5, 0.6) is 0 Å². The Kier molecular flexibility index (Phi) is 6.29. The van der Waals surface area contributed by atoms with Gasteiger partial charge in [-0.2, -0.15) is 0 Å². The van der Waals surface area contributed by atoms with E-state index in [1.54, 1.807) is 7.11 Å². The summed E-state index contributed by atoms with van der Waals surface area (Å²) in [6, 6.07) is 6.49. The van der Waals surface area contributed by atoms with Crippen LogP contribution in [0.15, 0.2) is 22.7 Å². The predicted molar refractivity (Wildman–Crippen MR) is 85.2 cm³/mol. The summed E-state index contributed by atoms with van der Waals surface area (Å²) in [5.41, 5.74) is 2.48. The van der Waals surface area contributed by atoms with E-state index >= 15 is 0 Å². The second-order valence-electron chi connectivity index (χ2n) is 5.16. The molecule has 0 aliphatic carbocycles. The second-order valence-corrected chi connectivity index (χ2v) is 6.02. The third kappa shape index (κ3) is 4.45. The van der Waals surface area contributed by atoms with Crippen LogP contribution in [-0.4, -0.2) is 44.6 Å². The molecular weight excluding hydrogens is 320 g/mol. The fraction of sp³-hybridized carbons (Fsp3) is 0.600. The molecule has 20 heavy (non-hydrogen) atoms. The van der Waals surface area contributed by atoms with Crippen molar-refractivity contribution in [2.75, 3.05) is 38.3 Å². The molecule has 2 rings (SSSR count). The minimum absolute atomic E-state index is 0.126. The van der Waals surface area contributed by atoms with Crippen LogP contribution < -0.4 is 10.2 Å². The maximum atomic E-state index is 9.56. The number of aliphatic hydroxyl groups excluding tert-OH is 1. The molecule has 1 aromatic rings. The van der Waals surface area contributed by atoms with Crippen LogP contribution in [0.2, 0.25) is 0 Å². The Morgan fingerprint density at radius 3 is 2.80 bits per heavy atom. The molecule has 4 nitrogen and oxygen atoms in total. The van der Waals surface area contributed by atoms with E-state index in [4.69, 9.17) is 4.74 Å². The number of halogens is 1. The van der Waals surface area contributed by atoms with Crippen LogP contribution >= 0.6 is 15.9 Å². The zero-order valence-corrected chi connectivity index (χ0v) is 13.5.